The van der Waals surface area contributed by atoms with E-state index in [2.05, 4.69) is 10.3 Å². The summed E-state index contributed by atoms with van der Waals surface area (Å²) in [6.45, 7) is 7.52. The Kier molecular flexibility index (Phi) is 21.0. The molecule has 24 heteroatoms. The first kappa shape index (κ1) is 68.3. The second-order valence-corrected chi connectivity index (χ2v) is 24.6. The number of aromatic nitrogens is 1. The number of pyridine rings is 1. The number of nitrogens with zero attached hydrogens (tertiary/aromatic N) is 4. The zero-order valence-electron chi connectivity index (χ0n) is 53.3. The van der Waals surface area contributed by atoms with Gasteiger partial charge in [0, 0.05) is 94.3 Å². The molecular formula is C70H75N5O19. The summed E-state index contributed by atoms with van der Waals surface area (Å²) < 4.78 is 42.6. The van der Waals surface area contributed by atoms with E-state index >= 15 is 9.59 Å². The van der Waals surface area contributed by atoms with Crippen molar-refractivity contribution in [2.45, 2.75) is 128 Å². The van der Waals surface area contributed by atoms with Gasteiger partial charge in [-0.25, -0.2) is 19.2 Å². The van der Waals surface area contributed by atoms with Crippen molar-refractivity contribution in [2.75, 3.05) is 27.2 Å². The Morgan fingerprint density at radius 2 is 1.44 bits per heavy atom. The van der Waals surface area contributed by atoms with Gasteiger partial charge in [-0.1, -0.05) is 93.6 Å². The predicted molar refractivity (Wildman–Crippen MR) is 337 cm³/mol. The van der Waals surface area contributed by atoms with Crippen molar-refractivity contribution in [1.82, 2.24) is 20.1 Å². The van der Waals surface area contributed by atoms with Crippen LogP contribution in [-0.4, -0.2) is 147 Å². The summed E-state index contributed by atoms with van der Waals surface area (Å²) in [6.07, 6.45) is -9.55. The number of likely N-dealkylation sites (N-methyl/N-ethyl adjacent to an activating group) is 2. The van der Waals surface area contributed by atoms with Crippen LogP contribution in [-0.2, 0) is 54.2 Å². The maximum absolute atomic E-state index is 15.7. The van der Waals surface area contributed by atoms with E-state index in [1.165, 1.54) is 77.3 Å². The lowest BCUT2D eigenvalue weighted by molar-refractivity contribution is -0.385. The van der Waals surface area contributed by atoms with Crippen molar-refractivity contribution in [1.29, 1.82) is 0 Å². The highest BCUT2D eigenvalue weighted by Crippen LogP contribution is 2.57. The van der Waals surface area contributed by atoms with Crippen LogP contribution in [0.25, 0.3) is 10.9 Å². The SMILES string of the molecule is CC(=O)O[C@H]1C(=O)[C@H](C)[C@@H](O)C[C@H]2CC[C@@]2(OC(C)=O)C[C@H](OC(=O)c2ccccc2)[C@]2(O)C[C@H](OC(=O)[C@H](OC(=O)N(C)CCN(C)C(=O)OCc3ccc([N+](=O)[O-])c(Oc4ccc5ncccc5c4)c3)[C@@H](NC(=O)c3ccccc3)c3ccccc3)C(C)=C1C2(C)C. The number of aliphatic hydroxyl groups excluding tert-OH is 1. The number of nitro benzene ring substituents is 1. The Hall–Kier alpha value is -10.1. The van der Waals surface area contributed by atoms with E-state index in [1.54, 1.807) is 111 Å². The molecule has 2 saturated carbocycles. The average molecular weight is 1290 g/mol. The maximum Gasteiger partial charge on any atom is 0.410 e. The minimum atomic E-state index is -2.44. The van der Waals surface area contributed by atoms with E-state index in [0.29, 0.717) is 23.3 Å². The molecule has 0 unspecified atom stereocenters. The summed E-state index contributed by atoms with van der Waals surface area (Å²) in [5, 5.41) is 41.5. The second-order valence-electron chi connectivity index (χ2n) is 24.6. The predicted octanol–water partition coefficient (Wildman–Crippen LogP) is 9.73. The molecule has 6 aromatic rings. The van der Waals surface area contributed by atoms with Crippen LogP contribution in [0.5, 0.6) is 11.5 Å². The van der Waals surface area contributed by atoms with E-state index in [4.69, 9.17) is 33.2 Å². The van der Waals surface area contributed by atoms with Crippen molar-refractivity contribution < 1.29 is 86.7 Å². The van der Waals surface area contributed by atoms with E-state index in [1.807, 2.05) is 6.07 Å². The van der Waals surface area contributed by atoms with Crippen LogP contribution in [0, 0.1) is 27.4 Å². The molecule has 1 heterocycles. The van der Waals surface area contributed by atoms with Crippen LogP contribution in [0.15, 0.2) is 157 Å². The number of esters is 4. The molecule has 0 aliphatic heterocycles. The standard InChI is InChI=1S/C70H75N5O19/c1-41-54(78)37-50-30-31-69(50,94-44(4)77)39-57(92-64(81)48-23-16-11-17-24-48)70(85)38-56(42(2)58(68(70,5)6)61(60(41)79)89-43(3)76)91-65(82)62(59(46-19-12-9-13-20-46)72-63(80)47-21-14-10-15-22-47)93-67(84)74(8)34-33-73(7)66(83)88-40-45-26-29-53(75(86)87)55(35-45)90-51-27-28-52-49(36-51)25-18-32-71-52/h9-29,32,35-36,41,50,54,56-57,59,61-62,78,85H,30-31,33-34,37-40H2,1-8H3,(H,72,80)/t41-,50-,54+,56+,57+,59+,61-,62-,69-,70-/m1/s1. The Labute approximate surface area is 542 Å². The molecular weight excluding hydrogens is 1210 g/mol. The maximum atomic E-state index is 15.7. The van der Waals surface area contributed by atoms with Crippen molar-refractivity contribution in [3.8, 4) is 11.5 Å². The minimum Gasteiger partial charge on any atom is -0.459 e. The van der Waals surface area contributed by atoms with E-state index in [0.717, 1.165) is 22.1 Å². The van der Waals surface area contributed by atoms with Crippen LogP contribution in [0.1, 0.15) is 112 Å². The number of fused-ring (bicyclic) bond motifs is 4. The molecule has 2 bridgehead atoms. The van der Waals surface area contributed by atoms with E-state index in [9.17, 15) is 49.1 Å². The molecule has 94 heavy (non-hydrogen) atoms. The molecule has 24 nitrogen and oxygen atoms in total. The molecule has 5 aromatic carbocycles. The second kappa shape index (κ2) is 28.8. The molecule has 0 spiro atoms. The van der Waals surface area contributed by atoms with Gasteiger partial charge in [-0.05, 0) is 109 Å². The number of hydrogen-bond donors (Lipinski definition) is 3. The fourth-order valence-electron chi connectivity index (χ4n) is 12.6. The minimum absolute atomic E-state index is 0.0761. The smallest absolute Gasteiger partial charge is 0.410 e. The fraction of sp³-hybridized carbons (Fsp3) is 0.386. The van der Waals surface area contributed by atoms with Crippen molar-refractivity contribution in [2.24, 2.45) is 17.3 Å². The molecule has 3 aliphatic rings. The number of ether oxygens (including phenoxy) is 7. The fourth-order valence-corrected chi connectivity index (χ4v) is 12.6. The zero-order chi connectivity index (χ0) is 67.8. The lowest BCUT2D eigenvalue weighted by atomic mass is 9.54. The van der Waals surface area contributed by atoms with Crippen molar-refractivity contribution in [3.05, 3.63) is 189 Å². The lowest BCUT2D eigenvalue weighted by Gasteiger charge is -2.57. The van der Waals surface area contributed by atoms with Crippen LogP contribution < -0.4 is 10.1 Å². The van der Waals surface area contributed by atoms with Crippen LogP contribution >= 0.6 is 0 Å². The highest BCUT2D eigenvalue weighted by molar-refractivity contribution is 5.95. The number of nitrogens with one attached hydrogen (secondary N) is 1. The number of Topliss-reactive ketones (excluding diaryl/α,β-unsaturated/α-hetero) is 1. The number of ketones is 1. The highest BCUT2D eigenvalue weighted by atomic mass is 16.6. The number of aliphatic hydroxyl groups is 2. The van der Waals surface area contributed by atoms with Gasteiger partial charge < -0.3 is 58.5 Å². The largest absolute Gasteiger partial charge is 0.459 e. The monoisotopic (exact) mass is 1290 g/mol. The molecule has 2 fully saturated rings. The summed E-state index contributed by atoms with van der Waals surface area (Å²) in [6, 6.07) is 34.9. The summed E-state index contributed by atoms with van der Waals surface area (Å²) >= 11 is 0. The molecule has 1 aromatic heterocycles. The summed E-state index contributed by atoms with van der Waals surface area (Å²) in [7, 11) is 2.71. The third-order valence-corrected chi connectivity index (χ3v) is 18.1. The quantitative estimate of drug-likeness (QED) is 0.0223. The highest BCUT2D eigenvalue weighted by Gasteiger charge is 2.65. The van der Waals surface area contributed by atoms with E-state index < -0.39 is 124 Å². The number of carbonyl (C=O) groups is 8. The van der Waals surface area contributed by atoms with Crippen LogP contribution in [0.2, 0.25) is 0 Å². The molecule has 10 atom stereocenters. The first-order valence-corrected chi connectivity index (χ1v) is 30.7. The molecule has 494 valence electrons. The van der Waals surface area contributed by atoms with Crippen LogP contribution in [0.4, 0.5) is 15.3 Å². The Morgan fingerprint density at radius 1 is 0.787 bits per heavy atom. The van der Waals surface area contributed by atoms with Crippen molar-refractivity contribution >= 4 is 64.3 Å². The van der Waals surface area contributed by atoms with E-state index in [-0.39, 0.29) is 78.2 Å². The van der Waals surface area contributed by atoms with Gasteiger partial charge in [0.05, 0.1) is 22.1 Å². The number of amides is 3. The van der Waals surface area contributed by atoms with Gasteiger partial charge in [-0.15, -0.1) is 0 Å². The molecule has 0 saturated heterocycles. The Balaban J connectivity index is 1.04. The number of carbonyl (C=O) groups excluding carboxylic acids is 8. The number of benzene rings is 5. The van der Waals surface area contributed by atoms with Crippen LogP contribution in [0.3, 0.4) is 0 Å². The average Bonchev–Trinajstić information content (AvgIpc) is 0.709. The van der Waals surface area contributed by atoms with Gasteiger partial charge in [0.2, 0.25) is 11.9 Å². The molecule has 0 radical (unpaired) electrons. The Morgan fingerprint density at radius 3 is 2.06 bits per heavy atom. The van der Waals surface area contributed by atoms with Gasteiger partial charge in [0.1, 0.15) is 41.8 Å². The third kappa shape index (κ3) is 15.0. The first-order valence-electron chi connectivity index (χ1n) is 30.7. The number of rotatable bonds is 19. The van der Waals surface area contributed by atoms with Crippen molar-refractivity contribution in [3.63, 3.8) is 0 Å². The van der Waals surface area contributed by atoms with Gasteiger partial charge in [-0.2, -0.15) is 0 Å². The molecule has 3 N–H and O–H groups in total. The normalized spacial score (nSPS) is 22.9. The van der Waals surface area contributed by atoms with Gasteiger partial charge in [-0.3, -0.25) is 34.3 Å². The first-order chi connectivity index (χ1) is 44.7. The van der Waals surface area contributed by atoms with Gasteiger partial charge in [0.15, 0.2) is 11.9 Å². The summed E-state index contributed by atoms with van der Waals surface area (Å²) in [5.41, 5.74) is -4.54. The summed E-state index contributed by atoms with van der Waals surface area (Å²) in [4.78, 5) is 132. The lowest BCUT2D eigenvalue weighted by Crippen LogP contribution is -2.66. The topological polar surface area (TPSA) is 316 Å². The van der Waals surface area contributed by atoms with Gasteiger partial charge in [0.25, 0.3) is 5.91 Å². The molecule has 3 amide bonds. The molecule has 9 rings (SSSR count). The van der Waals surface area contributed by atoms with Gasteiger partial charge >= 0.3 is 41.8 Å². The summed E-state index contributed by atoms with van der Waals surface area (Å²) in [5.74, 6) is -7.04. The number of nitro groups is 1. The third-order valence-electron chi connectivity index (χ3n) is 18.1. The Bertz CT molecular complexity index is 3870. The molecule has 3 aliphatic carbocycles. The zero-order valence-corrected chi connectivity index (χ0v) is 53.3. The number of hydrogen-bond acceptors (Lipinski definition) is 20.